The van der Waals surface area contributed by atoms with Crippen molar-refractivity contribution in [3.05, 3.63) is 52.8 Å². The highest BCUT2D eigenvalue weighted by molar-refractivity contribution is 6.33. The van der Waals surface area contributed by atoms with Crippen LogP contribution in [-0.4, -0.2) is 0 Å². The Hall–Kier alpha value is -2.25. The van der Waals surface area contributed by atoms with Gasteiger partial charge < -0.3 is 11.1 Å². The van der Waals surface area contributed by atoms with Crippen LogP contribution in [0.15, 0.2) is 36.4 Å². The van der Waals surface area contributed by atoms with Crippen LogP contribution in [0.3, 0.4) is 0 Å². The van der Waals surface area contributed by atoms with Crippen molar-refractivity contribution in [1.82, 2.24) is 0 Å². The molecule has 0 radical (unpaired) electrons. The number of hydrogen-bond acceptors (Lipinski definition) is 3. The van der Waals surface area contributed by atoms with E-state index in [1.807, 2.05) is 6.07 Å². The molecule has 2 aromatic carbocycles. The first kappa shape index (κ1) is 12.2. The summed E-state index contributed by atoms with van der Waals surface area (Å²) in [5.41, 5.74) is 7.17. The molecular weight excluding hydrogens is 253 g/mol. The van der Waals surface area contributed by atoms with Gasteiger partial charge in [-0.2, -0.15) is 5.26 Å². The molecule has 3 nitrogen and oxygen atoms in total. The lowest BCUT2D eigenvalue weighted by Crippen LogP contribution is -1.96. The van der Waals surface area contributed by atoms with Crippen molar-refractivity contribution in [1.29, 1.82) is 5.26 Å². The molecule has 0 fully saturated rings. The number of nitrogens with zero attached hydrogens (tertiary/aromatic N) is 1. The Morgan fingerprint density at radius 1 is 1.17 bits per heavy atom. The van der Waals surface area contributed by atoms with Gasteiger partial charge in [-0.05, 0) is 36.4 Å². The smallest absolute Gasteiger partial charge is 0.147 e. The first-order valence-electron chi connectivity index (χ1n) is 5.12. The molecule has 0 heterocycles. The summed E-state index contributed by atoms with van der Waals surface area (Å²) in [7, 11) is 0. The Labute approximate surface area is 109 Å². The standard InChI is InChI=1S/C13H9ClFN3/c14-10-3-2-9(17)6-13(10)18-12-4-1-8(7-16)5-11(12)15/h1-6,18H,17H2. The first-order valence-corrected chi connectivity index (χ1v) is 5.49. The minimum atomic E-state index is -0.521. The van der Waals surface area contributed by atoms with Crippen molar-refractivity contribution in [3.63, 3.8) is 0 Å². The van der Waals surface area contributed by atoms with Gasteiger partial charge in [0, 0.05) is 5.69 Å². The van der Waals surface area contributed by atoms with Crippen molar-refractivity contribution in [3.8, 4) is 6.07 Å². The molecule has 0 amide bonds. The maximum Gasteiger partial charge on any atom is 0.147 e. The fourth-order valence-electron chi connectivity index (χ4n) is 1.47. The summed E-state index contributed by atoms with van der Waals surface area (Å²) in [5, 5.41) is 11.9. The van der Waals surface area contributed by atoms with Gasteiger partial charge in [-0.25, -0.2) is 4.39 Å². The molecule has 0 aliphatic rings. The van der Waals surface area contributed by atoms with Gasteiger partial charge >= 0.3 is 0 Å². The molecule has 0 saturated carbocycles. The minimum absolute atomic E-state index is 0.238. The first-order chi connectivity index (χ1) is 8.60. The molecule has 0 aliphatic heterocycles. The van der Waals surface area contributed by atoms with Gasteiger partial charge in [0.1, 0.15) is 5.82 Å². The van der Waals surface area contributed by atoms with Crippen molar-refractivity contribution in [2.75, 3.05) is 11.1 Å². The summed E-state index contributed by atoms with van der Waals surface area (Å²) in [5.74, 6) is -0.521. The van der Waals surface area contributed by atoms with Crippen LogP contribution in [0.25, 0.3) is 0 Å². The van der Waals surface area contributed by atoms with Crippen LogP contribution < -0.4 is 11.1 Å². The zero-order valence-electron chi connectivity index (χ0n) is 9.24. The van der Waals surface area contributed by atoms with E-state index in [4.69, 9.17) is 22.6 Å². The van der Waals surface area contributed by atoms with Gasteiger partial charge in [-0.1, -0.05) is 11.6 Å². The fourth-order valence-corrected chi connectivity index (χ4v) is 1.63. The molecule has 18 heavy (non-hydrogen) atoms. The van der Waals surface area contributed by atoms with Gasteiger partial charge in [-0.15, -0.1) is 0 Å². The molecule has 0 saturated heterocycles. The number of halogens is 2. The predicted octanol–water partition coefficient (Wildman–Crippen LogP) is 3.68. The maximum absolute atomic E-state index is 13.7. The van der Waals surface area contributed by atoms with Gasteiger partial charge in [-0.3, -0.25) is 0 Å². The van der Waals surface area contributed by atoms with Crippen LogP contribution in [0, 0.1) is 17.1 Å². The lowest BCUT2D eigenvalue weighted by Gasteiger charge is -2.10. The third-order valence-corrected chi connectivity index (χ3v) is 2.69. The van der Waals surface area contributed by atoms with E-state index in [9.17, 15) is 4.39 Å². The average Bonchev–Trinajstić information content (AvgIpc) is 2.36. The molecule has 0 atom stereocenters. The Balaban J connectivity index is 2.34. The summed E-state index contributed by atoms with van der Waals surface area (Å²) in [6.45, 7) is 0. The van der Waals surface area contributed by atoms with Crippen molar-refractivity contribution in [2.45, 2.75) is 0 Å². The molecule has 0 aliphatic carbocycles. The van der Waals surface area contributed by atoms with Crippen LogP contribution in [0.5, 0.6) is 0 Å². The van der Waals surface area contributed by atoms with Crippen LogP contribution >= 0.6 is 11.6 Å². The second kappa shape index (κ2) is 4.94. The molecule has 0 bridgehead atoms. The highest BCUT2D eigenvalue weighted by Crippen LogP contribution is 2.28. The minimum Gasteiger partial charge on any atom is -0.399 e. The van der Waals surface area contributed by atoms with Crippen LogP contribution in [0.1, 0.15) is 5.56 Å². The van der Waals surface area contributed by atoms with Crippen LogP contribution in [0.4, 0.5) is 21.5 Å². The van der Waals surface area contributed by atoms with Gasteiger partial charge in [0.2, 0.25) is 0 Å². The zero-order valence-corrected chi connectivity index (χ0v) is 10.0. The van der Waals surface area contributed by atoms with E-state index in [2.05, 4.69) is 5.32 Å². The topological polar surface area (TPSA) is 61.8 Å². The monoisotopic (exact) mass is 261 g/mol. The summed E-state index contributed by atoms with van der Waals surface area (Å²) in [6.07, 6.45) is 0. The molecule has 90 valence electrons. The lowest BCUT2D eigenvalue weighted by molar-refractivity contribution is 0.631. The second-order valence-corrected chi connectivity index (χ2v) is 4.08. The summed E-state index contributed by atoms with van der Waals surface area (Å²) < 4.78 is 13.7. The van der Waals surface area contributed by atoms with Gasteiger partial charge in [0.05, 0.1) is 28.0 Å². The van der Waals surface area contributed by atoms with E-state index in [-0.39, 0.29) is 11.3 Å². The lowest BCUT2D eigenvalue weighted by atomic mass is 10.2. The van der Waals surface area contributed by atoms with E-state index in [0.717, 1.165) is 6.07 Å². The van der Waals surface area contributed by atoms with Crippen molar-refractivity contribution in [2.24, 2.45) is 0 Å². The molecule has 0 aromatic heterocycles. The number of benzene rings is 2. The van der Waals surface area contributed by atoms with E-state index in [0.29, 0.717) is 16.4 Å². The van der Waals surface area contributed by atoms with Crippen LogP contribution in [0.2, 0.25) is 5.02 Å². The van der Waals surface area contributed by atoms with E-state index in [1.165, 1.54) is 12.1 Å². The number of nitriles is 1. The highest BCUT2D eigenvalue weighted by Gasteiger charge is 2.06. The summed E-state index contributed by atoms with van der Waals surface area (Å²) >= 11 is 5.96. The Kier molecular flexibility index (Phi) is 3.35. The van der Waals surface area contributed by atoms with Crippen LogP contribution in [-0.2, 0) is 0 Å². The van der Waals surface area contributed by atoms with E-state index in [1.54, 1.807) is 18.2 Å². The van der Waals surface area contributed by atoms with E-state index < -0.39 is 5.82 Å². The second-order valence-electron chi connectivity index (χ2n) is 3.67. The van der Waals surface area contributed by atoms with Gasteiger partial charge in [0.15, 0.2) is 0 Å². The molecule has 0 spiro atoms. The molecule has 2 rings (SSSR count). The SMILES string of the molecule is N#Cc1ccc(Nc2cc(N)ccc2Cl)c(F)c1. The largest absolute Gasteiger partial charge is 0.399 e. The Morgan fingerprint density at radius 3 is 2.61 bits per heavy atom. The molecule has 5 heteroatoms. The number of nitrogens with two attached hydrogens (primary N) is 1. The number of nitrogen functional groups attached to an aromatic ring is 1. The van der Waals surface area contributed by atoms with Crippen molar-refractivity contribution >= 4 is 28.7 Å². The normalized spacial score (nSPS) is 9.83. The van der Waals surface area contributed by atoms with Gasteiger partial charge in [0.25, 0.3) is 0 Å². The predicted molar refractivity (Wildman–Crippen MR) is 70.3 cm³/mol. The quantitative estimate of drug-likeness (QED) is 0.811. The average molecular weight is 262 g/mol. The molecule has 0 unspecified atom stereocenters. The molecule has 3 N–H and O–H groups in total. The zero-order chi connectivity index (χ0) is 13.1. The summed E-state index contributed by atoms with van der Waals surface area (Å²) in [4.78, 5) is 0. The van der Waals surface area contributed by atoms with E-state index >= 15 is 0 Å². The van der Waals surface area contributed by atoms with Crippen molar-refractivity contribution < 1.29 is 4.39 Å². The Bertz CT molecular complexity index is 635. The number of rotatable bonds is 2. The summed E-state index contributed by atoms with van der Waals surface area (Å²) in [6, 6.07) is 10.9. The highest BCUT2D eigenvalue weighted by atomic mass is 35.5. The fraction of sp³-hybridized carbons (Fsp3) is 0. The third kappa shape index (κ3) is 2.53. The molecular formula is C13H9ClFN3. The third-order valence-electron chi connectivity index (χ3n) is 2.36. The Morgan fingerprint density at radius 2 is 1.94 bits per heavy atom. The molecule has 2 aromatic rings. The number of anilines is 3. The number of nitrogens with one attached hydrogen (secondary N) is 1. The number of hydrogen-bond donors (Lipinski definition) is 2. The maximum atomic E-state index is 13.7.